The van der Waals surface area contributed by atoms with Crippen LogP contribution < -0.4 is 10.6 Å². The molecule has 1 aliphatic rings. The fourth-order valence-corrected chi connectivity index (χ4v) is 3.45. The summed E-state index contributed by atoms with van der Waals surface area (Å²) in [6.45, 7) is 2.25. The van der Waals surface area contributed by atoms with Crippen molar-refractivity contribution in [2.24, 2.45) is 7.05 Å². The molecule has 1 atom stereocenters. The van der Waals surface area contributed by atoms with E-state index in [4.69, 9.17) is 0 Å². The van der Waals surface area contributed by atoms with Crippen LogP contribution in [0.15, 0.2) is 36.4 Å². The smallest absolute Gasteiger partial charge is 0.228 e. The Morgan fingerprint density at radius 3 is 2.96 bits per heavy atom. The number of anilines is 1. The van der Waals surface area contributed by atoms with Gasteiger partial charge in [-0.1, -0.05) is 6.07 Å². The van der Waals surface area contributed by atoms with Gasteiger partial charge < -0.3 is 15.2 Å². The van der Waals surface area contributed by atoms with E-state index in [0.717, 1.165) is 22.4 Å². The van der Waals surface area contributed by atoms with Crippen LogP contribution >= 0.6 is 0 Å². The molecule has 4 rings (SSSR count). The van der Waals surface area contributed by atoms with Gasteiger partial charge in [0.15, 0.2) is 0 Å². The Hall–Kier alpha value is -3.22. The maximum absolute atomic E-state index is 13.6. The number of benzene rings is 2. The van der Waals surface area contributed by atoms with Gasteiger partial charge in [0.2, 0.25) is 11.8 Å². The van der Waals surface area contributed by atoms with E-state index < -0.39 is 11.7 Å². The zero-order valence-corrected chi connectivity index (χ0v) is 15.0. The molecule has 138 valence electrons. The van der Waals surface area contributed by atoms with Gasteiger partial charge in [0.05, 0.1) is 17.0 Å². The van der Waals surface area contributed by atoms with Crippen LogP contribution in [0.1, 0.15) is 29.3 Å². The Kier molecular flexibility index (Phi) is 4.14. The Morgan fingerprint density at radius 2 is 2.15 bits per heavy atom. The molecule has 0 saturated carbocycles. The number of aryl methyl sites for hydroxylation is 2. The van der Waals surface area contributed by atoms with Crippen LogP contribution in [0.2, 0.25) is 0 Å². The van der Waals surface area contributed by atoms with Crippen LogP contribution in [0.25, 0.3) is 11.0 Å². The molecule has 1 aromatic heterocycles. The number of imidazole rings is 1. The second kappa shape index (κ2) is 6.50. The predicted octanol–water partition coefficient (Wildman–Crippen LogP) is 2.76. The monoisotopic (exact) mass is 366 g/mol. The molecule has 3 aromatic rings. The molecule has 6 nitrogen and oxygen atoms in total. The lowest BCUT2D eigenvalue weighted by atomic mass is 9.89. The maximum atomic E-state index is 13.6. The van der Waals surface area contributed by atoms with E-state index in [9.17, 15) is 14.0 Å². The number of hydrogen-bond acceptors (Lipinski definition) is 3. The van der Waals surface area contributed by atoms with Crippen LogP contribution in [0.5, 0.6) is 0 Å². The number of halogens is 1. The molecule has 0 unspecified atom stereocenters. The molecule has 7 heteroatoms. The van der Waals surface area contributed by atoms with Gasteiger partial charge in [-0.15, -0.1) is 0 Å². The molecule has 0 spiro atoms. The number of aromatic nitrogens is 2. The zero-order chi connectivity index (χ0) is 19.1. The van der Waals surface area contributed by atoms with Crippen molar-refractivity contribution < 1.29 is 14.0 Å². The number of carbonyl (C=O) groups excluding carboxylic acids is 2. The number of carbonyl (C=O) groups is 2. The van der Waals surface area contributed by atoms with Crippen LogP contribution in [0.3, 0.4) is 0 Å². The topological polar surface area (TPSA) is 76.0 Å². The van der Waals surface area contributed by atoms with Crippen LogP contribution in [-0.2, 0) is 23.2 Å². The highest BCUT2D eigenvalue weighted by molar-refractivity contribution is 6.01. The van der Waals surface area contributed by atoms with E-state index in [1.807, 2.05) is 36.7 Å². The average molecular weight is 366 g/mol. The molecule has 0 bridgehead atoms. The summed E-state index contributed by atoms with van der Waals surface area (Å²) in [5.41, 5.74) is 3.79. The normalized spacial score (nSPS) is 16.1. The van der Waals surface area contributed by atoms with Crippen molar-refractivity contribution in [2.75, 3.05) is 5.32 Å². The molecule has 0 saturated heterocycles. The SMILES string of the molecule is Cc1nc2cc(CNC(=O)[C@@H]3CC(=O)Nc4ccc(F)cc43)ccc2n1C. The Morgan fingerprint density at radius 1 is 1.33 bits per heavy atom. The van der Waals surface area contributed by atoms with Crippen LogP contribution in [-0.4, -0.2) is 21.4 Å². The Bertz CT molecular complexity index is 1070. The first-order chi connectivity index (χ1) is 12.9. The quantitative estimate of drug-likeness (QED) is 0.748. The van der Waals surface area contributed by atoms with Gasteiger partial charge in [-0.3, -0.25) is 9.59 Å². The zero-order valence-electron chi connectivity index (χ0n) is 15.0. The van der Waals surface area contributed by atoms with E-state index in [2.05, 4.69) is 15.6 Å². The standard InChI is InChI=1S/C20H19FN4O2/c1-11-23-17-7-12(3-6-18(17)25(11)2)10-22-20(27)15-9-19(26)24-16-5-4-13(21)8-14(15)16/h3-8,15H,9-10H2,1-2H3,(H,22,27)(H,24,26)/t15-/m1/s1. The summed E-state index contributed by atoms with van der Waals surface area (Å²) in [4.78, 5) is 29.1. The molecule has 0 radical (unpaired) electrons. The number of hydrogen-bond donors (Lipinski definition) is 2. The first-order valence-corrected chi connectivity index (χ1v) is 8.71. The summed E-state index contributed by atoms with van der Waals surface area (Å²) in [5, 5.41) is 5.54. The van der Waals surface area contributed by atoms with Crippen molar-refractivity contribution in [3.8, 4) is 0 Å². The van der Waals surface area contributed by atoms with Crippen molar-refractivity contribution >= 4 is 28.5 Å². The van der Waals surface area contributed by atoms with Crippen LogP contribution in [0.4, 0.5) is 10.1 Å². The van der Waals surface area contributed by atoms with Crippen molar-refractivity contribution in [1.29, 1.82) is 0 Å². The van der Waals surface area contributed by atoms with Crippen molar-refractivity contribution in [3.63, 3.8) is 0 Å². The molecule has 2 heterocycles. The van der Waals surface area contributed by atoms with Crippen molar-refractivity contribution in [3.05, 3.63) is 59.2 Å². The lowest BCUT2D eigenvalue weighted by Crippen LogP contribution is -2.34. The lowest BCUT2D eigenvalue weighted by molar-refractivity contribution is -0.126. The fraction of sp³-hybridized carbons (Fsp3) is 0.250. The third-order valence-corrected chi connectivity index (χ3v) is 5.00. The summed E-state index contributed by atoms with van der Waals surface area (Å²) in [6.07, 6.45) is 0.000751. The third-order valence-electron chi connectivity index (χ3n) is 5.00. The fourth-order valence-electron chi connectivity index (χ4n) is 3.45. The number of nitrogens with one attached hydrogen (secondary N) is 2. The maximum Gasteiger partial charge on any atom is 0.228 e. The molecule has 1 aliphatic heterocycles. The molecule has 2 aromatic carbocycles. The summed E-state index contributed by atoms with van der Waals surface area (Å²) in [5.74, 6) is -0.768. The van der Waals surface area contributed by atoms with Crippen LogP contribution in [0, 0.1) is 12.7 Å². The Balaban J connectivity index is 1.53. The predicted molar refractivity (Wildman–Crippen MR) is 99.7 cm³/mol. The second-order valence-corrected chi connectivity index (χ2v) is 6.80. The highest BCUT2D eigenvalue weighted by Gasteiger charge is 2.30. The van der Waals surface area contributed by atoms with Crippen molar-refractivity contribution in [1.82, 2.24) is 14.9 Å². The molecule has 2 amide bonds. The highest BCUT2D eigenvalue weighted by Crippen LogP contribution is 2.33. The molecular weight excluding hydrogens is 347 g/mol. The van der Waals surface area contributed by atoms with E-state index in [1.165, 1.54) is 18.2 Å². The number of fused-ring (bicyclic) bond motifs is 2. The number of nitrogens with zero attached hydrogens (tertiary/aromatic N) is 2. The summed E-state index contributed by atoms with van der Waals surface area (Å²) < 4.78 is 15.6. The minimum absolute atomic E-state index is 0.000751. The first-order valence-electron chi connectivity index (χ1n) is 8.71. The molecule has 0 aliphatic carbocycles. The molecule has 0 fully saturated rings. The Labute approximate surface area is 155 Å². The summed E-state index contributed by atoms with van der Waals surface area (Å²) in [7, 11) is 1.96. The van der Waals surface area contributed by atoms with Gasteiger partial charge in [0, 0.05) is 25.7 Å². The van der Waals surface area contributed by atoms with E-state index in [-0.39, 0.29) is 18.2 Å². The highest BCUT2D eigenvalue weighted by atomic mass is 19.1. The second-order valence-electron chi connectivity index (χ2n) is 6.80. The van der Waals surface area contributed by atoms with Gasteiger partial charge in [-0.05, 0) is 48.4 Å². The molecular formula is C20H19FN4O2. The summed E-state index contributed by atoms with van der Waals surface area (Å²) >= 11 is 0. The van der Waals surface area contributed by atoms with Crippen molar-refractivity contribution in [2.45, 2.75) is 25.8 Å². The minimum atomic E-state index is -0.703. The molecule has 27 heavy (non-hydrogen) atoms. The third kappa shape index (κ3) is 3.16. The van der Waals surface area contributed by atoms with Gasteiger partial charge >= 0.3 is 0 Å². The van der Waals surface area contributed by atoms with E-state index in [0.29, 0.717) is 17.8 Å². The molecule has 2 N–H and O–H groups in total. The largest absolute Gasteiger partial charge is 0.351 e. The van der Waals surface area contributed by atoms with E-state index >= 15 is 0 Å². The van der Waals surface area contributed by atoms with Gasteiger partial charge in [0.1, 0.15) is 11.6 Å². The van der Waals surface area contributed by atoms with Gasteiger partial charge in [0.25, 0.3) is 0 Å². The van der Waals surface area contributed by atoms with Gasteiger partial charge in [-0.2, -0.15) is 0 Å². The first kappa shape index (κ1) is 17.2. The van der Waals surface area contributed by atoms with E-state index in [1.54, 1.807) is 0 Å². The minimum Gasteiger partial charge on any atom is -0.351 e. The number of rotatable bonds is 3. The van der Waals surface area contributed by atoms with Gasteiger partial charge in [-0.25, -0.2) is 9.37 Å². The average Bonchev–Trinajstić information content (AvgIpc) is 2.93. The number of amides is 2. The lowest BCUT2D eigenvalue weighted by Gasteiger charge is -2.25. The summed E-state index contributed by atoms with van der Waals surface area (Å²) in [6, 6.07) is 9.90.